The van der Waals surface area contributed by atoms with Crippen LogP contribution in [-0.4, -0.2) is 9.55 Å². The number of benzene rings is 2. The third kappa shape index (κ3) is 6.23. The second-order valence-corrected chi connectivity index (χ2v) is 7.12. The Morgan fingerprint density at radius 3 is 2.07 bits per heavy atom. The maximum atomic E-state index is 5.95. The Bertz CT molecular complexity index is 928. The standard InChI is InChI=1S/C21H16ClN2.C5H5.Fe/c22-18-12-9-16(10-13-18)11-14-21-23-19-7-3-4-8-20(19)24(21)15-17-5-1-2-6-17;1-2-4-5-3-1;/h1-14H,15H2;1-5H;/q;;+2/b14-11+;;. The van der Waals surface area contributed by atoms with Crippen LogP contribution in [0.3, 0.4) is 0 Å². The van der Waals surface area contributed by atoms with Gasteiger partial charge in [-0.3, -0.25) is 0 Å². The van der Waals surface area contributed by atoms with E-state index in [-0.39, 0.29) is 17.1 Å². The Morgan fingerprint density at radius 2 is 1.40 bits per heavy atom. The molecule has 1 heterocycles. The average molecular weight is 453 g/mol. The van der Waals surface area contributed by atoms with Gasteiger partial charge in [0.15, 0.2) is 0 Å². The summed E-state index contributed by atoms with van der Waals surface area (Å²) in [6, 6.07) is 16.0. The van der Waals surface area contributed by atoms with Crippen molar-refractivity contribution in [3.05, 3.63) is 129 Å². The van der Waals surface area contributed by atoms with Crippen LogP contribution >= 0.6 is 11.6 Å². The molecule has 0 saturated heterocycles. The molecule has 0 amide bonds. The van der Waals surface area contributed by atoms with Crippen LogP contribution in [0.2, 0.25) is 5.02 Å². The Kier molecular flexibility index (Phi) is 9.05. The summed E-state index contributed by atoms with van der Waals surface area (Å²) in [7, 11) is 0. The third-order valence-corrected chi connectivity index (χ3v) is 4.86. The van der Waals surface area contributed by atoms with E-state index < -0.39 is 0 Å². The van der Waals surface area contributed by atoms with Crippen LogP contribution in [0.1, 0.15) is 11.4 Å². The molecule has 148 valence electrons. The van der Waals surface area contributed by atoms with E-state index in [4.69, 9.17) is 16.6 Å². The van der Waals surface area contributed by atoms with Crippen molar-refractivity contribution >= 4 is 34.8 Å². The Hall–Kier alpha value is -1.54. The molecular weight excluding hydrogens is 432 g/mol. The normalized spacial score (nSPS) is 16.6. The Labute approximate surface area is 196 Å². The van der Waals surface area contributed by atoms with Crippen molar-refractivity contribution in [3.63, 3.8) is 0 Å². The van der Waals surface area contributed by atoms with E-state index in [1.54, 1.807) is 0 Å². The maximum Gasteiger partial charge on any atom is 2.00 e. The SMILES string of the molecule is Clc1ccc(/C=C/c2nc3ccccc3n2C[C]2[CH][CH][CH][CH]2)cc1.[CH]1[CH][CH][CH][CH]1.[Fe+2]. The van der Waals surface area contributed by atoms with Crippen molar-refractivity contribution in [2.45, 2.75) is 6.54 Å². The number of aromatic nitrogens is 2. The number of hydrogen-bond acceptors (Lipinski definition) is 1. The van der Waals surface area contributed by atoms with E-state index in [1.807, 2.05) is 62.4 Å². The fourth-order valence-electron chi connectivity index (χ4n) is 3.15. The summed E-state index contributed by atoms with van der Waals surface area (Å²) in [4.78, 5) is 4.78. The number of rotatable bonds is 4. The molecule has 30 heavy (non-hydrogen) atoms. The van der Waals surface area contributed by atoms with Gasteiger partial charge in [0.2, 0.25) is 0 Å². The molecule has 0 atom stereocenters. The summed E-state index contributed by atoms with van der Waals surface area (Å²) in [6.45, 7) is 0.813. The molecule has 2 saturated carbocycles. The van der Waals surface area contributed by atoms with E-state index in [0.29, 0.717) is 0 Å². The molecule has 3 aromatic rings. The van der Waals surface area contributed by atoms with Crippen LogP contribution in [0.5, 0.6) is 0 Å². The molecule has 0 unspecified atom stereocenters. The van der Waals surface area contributed by atoms with Gasteiger partial charge in [0, 0.05) is 17.5 Å². The molecule has 0 spiro atoms. The minimum absolute atomic E-state index is 0. The molecular formula is C26H21ClFeN2+2. The first-order valence-corrected chi connectivity index (χ1v) is 9.93. The predicted molar refractivity (Wildman–Crippen MR) is 122 cm³/mol. The monoisotopic (exact) mass is 452 g/mol. The third-order valence-electron chi connectivity index (χ3n) is 4.61. The minimum Gasteiger partial charge on any atom is -0.324 e. The number of halogens is 1. The zero-order valence-corrected chi connectivity index (χ0v) is 18.2. The molecule has 0 bridgehead atoms. The van der Waals surface area contributed by atoms with Crippen LogP contribution in [0.4, 0.5) is 0 Å². The van der Waals surface area contributed by atoms with Gasteiger partial charge in [-0.25, -0.2) is 4.98 Å². The number of nitrogens with zero attached hydrogens (tertiary/aromatic N) is 2. The second-order valence-electron chi connectivity index (χ2n) is 6.69. The summed E-state index contributed by atoms with van der Waals surface area (Å²) >= 11 is 5.95. The summed E-state index contributed by atoms with van der Waals surface area (Å²) in [5.74, 6) is 2.23. The van der Waals surface area contributed by atoms with E-state index in [1.165, 1.54) is 5.92 Å². The van der Waals surface area contributed by atoms with Gasteiger partial charge in [-0.15, -0.1) is 0 Å². The number of para-hydroxylation sites is 2. The zero-order valence-electron chi connectivity index (χ0n) is 16.3. The minimum atomic E-state index is 0. The van der Waals surface area contributed by atoms with E-state index >= 15 is 0 Å². The van der Waals surface area contributed by atoms with Gasteiger partial charge in [-0.1, -0.05) is 41.9 Å². The summed E-state index contributed by atoms with van der Waals surface area (Å²) in [5, 5.41) is 0.746. The molecule has 2 fully saturated rings. The molecule has 10 radical (unpaired) electrons. The zero-order chi connectivity index (χ0) is 19.9. The fourth-order valence-corrected chi connectivity index (χ4v) is 3.28. The Balaban J connectivity index is 0.000000376. The molecule has 0 N–H and O–H groups in total. The summed E-state index contributed by atoms with van der Waals surface area (Å²) in [5.41, 5.74) is 3.26. The van der Waals surface area contributed by atoms with Crippen molar-refractivity contribution in [2.24, 2.45) is 0 Å². The van der Waals surface area contributed by atoms with Crippen molar-refractivity contribution < 1.29 is 17.1 Å². The predicted octanol–water partition coefficient (Wildman–Crippen LogP) is 6.28. The Morgan fingerprint density at radius 1 is 0.767 bits per heavy atom. The van der Waals surface area contributed by atoms with Crippen LogP contribution in [0, 0.1) is 63.7 Å². The van der Waals surface area contributed by atoms with Gasteiger partial charge in [0.05, 0.1) is 11.0 Å². The average Bonchev–Trinajstić information content (AvgIpc) is 3.52. The first-order valence-electron chi connectivity index (χ1n) is 9.56. The van der Waals surface area contributed by atoms with E-state index in [0.717, 1.165) is 34.0 Å². The topological polar surface area (TPSA) is 17.8 Å². The van der Waals surface area contributed by atoms with E-state index in [2.05, 4.69) is 60.6 Å². The molecule has 2 nitrogen and oxygen atoms in total. The van der Waals surface area contributed by atoms with Crippen molar-refractivity contribution in [2.75, 3.05) is 0 Å². The molecule has 0 aliphatic heterocycles. The molecule has 2 aromatic carbocycles. The molecule has 1 aromatic heterocycles. The van der Waals surface area contributed by atoms with Gasteiger partial charge < -0.3 is 4.57 Å². The van der Waals surface area contributed by atoms with Crippen LogP contribution in [0.25, 0.3) is 23.2 Å². The van der Waals surface area contributed by atoms with Gasteiger partial charge >= 0.3 is 17.1 Å². The second kappa shape index (κ2) is 11.7. The van der Waals surface area contributed by atoms with Crippen LogP contribution in [0.15, 0.2) is 48.5 Å². The van der Waals surface area contributed by atoms with Gasteiger partial charge in [-0.05, 0) is 93.7 Å². The van der Waals surface area contributed by atoms with Gasteiger partial charge in [0.1, 0.15) is 5.82 Å². The summed E-state index contributed by atoms with van der Waals surface area (Å²) < 4.78 is 2.25. The van der Waals surface area contributed by atoms with Gasteiger partial charge in [-0.2, -0.15) is 0 Å². The van der Waals surface area contributed by atoms with Crippen LogP contribution in [-0.2, 0) is 23.6 Å². The fraction of sp³-hybridized carbons (Fsp3) is 0.0385. The quantitative estimate of drug-likeness (QED) is 0.426. The summed E-state index contributed by atoms with van der Waals surface area (Å²) in [6.07, 6.45) is 22.5. The van der Waals surface area contributed by atoms with Crippen molar-refractivity contribution in [1.82, 2.24) is 9.55 Å². The van der Waals surface area contributed by atoms with Crippen molar-refractivity contribution in [1.29, 1.82) is 0 Å². The first kappa shape index (κ1) is 23.1. The number of imidazole rings is 1. The smallest absolute Gasteiger partial charge is 0.324 e. The molecule has 5 rings (SSSR count). The molecule has 2 aliphatic rings. The van der Waals surface area contributed by atoms with E-state index in [9.17, 15) is 0 Å². The van der Waals surface area contributed by atoms with Crippen molar-refractivity contribution in [3.8, 4) is 0 Å². The van der Waals surface area contributed by atoms with Crippen LogP contribution < -0.4 is 0 Å². The molecule has 2 aliphatic carbocycles. The van der Waals surface area contributed by atoms with Gasteiger partial charge in [0.25, 0.3) is 0 Å². The largest absolute Gasteiger partial charge is 2.00 e. The number of hydrogen-bond donors (Lipinski definition) is 0. The maximum absolute atomic E-state index is 5.95. The number of fused-ring (bicyclic) bond motifs is 1. The first-order chi connectivity index (χ1) is 14.3. The molecule has 4 heteroatoms.